The summed E-state index contributed by atoms with van der Waals surface area (Å²) >= 11 is 5.76. The van der Waals surface area contributed by atoms with Crippen LogP contribution >= 0.6 is 11.6 Å². The van der Waals surface area contributed by atoms with Crippen LogP contribution in [-0.2, 0) is 13.0 Å². The van der Waals surface area contributed by atoms with E-state index in [0.29, 0.717) is 0 Å². The normalized spacial score (nSPS) is 10.3. The van der Waals surface area contributed by atoms with Crippen LogP contribution in [0.2, 0.25) is 5.15 Å². The molecule has 0 radical (unpaired) electrons. The minimum atomic E-state index is -1.15. The lowest BCUT2D eigenvalue weighted by Crippen LogP contribution is -2.08. The van der Waals surface area contributed by atoms with E-state index in [2.05, 4.69) is 9.97 Å². The zero-order valence-electron chi connectivity index (χ0n) is 10.8. The van der Waals surface area contributed by atoms with E-state index in [9.17, 15) is 4.79 Å². The van der Waals surface area contributed by atoms with E-state index in [1.54, 1.807) is 0 Å². The highest BCUT2D eigenvalue weighted by molar-refractivity contribution is 6.29. The molecule has 1 N–H and O–H groups in total. The highest BCUT2D eigenvalue weighted by Gasteiger charge is 2.10. The van der Waals surface area contributed by atoms with Crippen molar-refractivity contribution in [1.82, 2.24) is 9.97 Å². The van der Waals surface area contributed by atoms with E-state index in [0.717, 1.165) is 17.7 Å². The smallest absolute Gasteiger partial charge is 0.354 e. The third kappa shape index (κ3) is 3.45. The third-order valence-electron chi connectivity index (χ3n) is 2.67. The Bertz CT molecular complexity index is 632. The van der Waals surface area contributed by atoms with Crippen LogP contribution in [0, 0.1) is 0 Å². The van der Waals surface area contributed by atoms with Gasteiger partial charge in [0.1, 0.15) is 17.5 Å². The molecule has 104 valence electrons. The summed E-state index contributed by atoms with van der Waals surface area (Å²) in [7, 11) is 0. The molecule has 0 aliphatic rings. The Hall–Kier alpha value is -2.14. The lowest BCUT2D eigenvalue weighted by atomic mass is 10.1. The van der Waals surface area contributed by atoms with E-state index < -0.39 is 5.97 Å². The predicted molar refractivity (Wildman–Crippen MR) is 74.2 cm³/mol. The van der Waals surface area contributed by atoms with Crippen LogP contribution in [0.5, 0.6) is 5.75 Å². The number of aryl methyl sites for hydroxylation is 1. The molecule has 6 heteroatoms. The Morgan fingerprint density at radius 2 is 2.10 bits per heavy atom. The molecule has 0 unspecified atom stereocenters. The predicted octanol–water partition coefficient (Wildman–Crippen LogP) is 2.97. The minimum Gasteiger partial charge on any atom is -0.485 e. The molecule has 1 heterocycles. The van der Waals surface area contributed by atoms with Gasteiger partial charge in [0.15, 0.2) is 11.5 Å². The van der Waals surface area contributed by atoms with Crippen LogP contribution in [0.25, 0.3) is 0 Å². The molecule has 1 aromatic heterocycles. The third-order valence-corrected chi connectivity index (χ3v) is 2.86. The Balaban J connectivity index is 2.16. The number of ether oxygens (including phenoxy) is 1. The lowest BCUT2D eigenvalue weighted by molar-refractivity contribution is 0.0689. The van der Waals surface area contributed by atoms with Gasteiger partial charge in [-0.2, -0.15) is 0 Å². The quantitative estimate of drug-likeness (QED) is 0.858. The summed E-state index contributed by atoms with van der Waals surface area (Å²) in [6.45, 7) is 2.10. The van der Waals surface area contributed by atoms with Gasteiger partial charge in [0.25, 0.3) is 0 Å². The largest absolute Gasteiger partial charge is 0.485 e. The Morgan fingerprint density at radius 1 is 1.35 bits per heavy atom. The van der Waals surface area contributed by atoms with Gasteiger partial charge in [-0.1, -0.05) is 36.7 Å². The fourth-order valence-corrected chi connectivity index (χ4v) is 1.92. The summed E-state index contributed by atoms with van der Waals surface area (Å²) in [5, 5.41) is 8.99. The summed E-state index contributed by atoms with van der Waals surface area (Å²) in [5.74, 6) is -0.180. The van der Waals surface area contributed by atoms with Crippen molar-refractivity contribution in [3.63, 3.8) is 0 Å². The van der Waals surface area contributed by atoms with E-state index in [1.165, 1.54) is 6.07 Å². The summed E-state index contributed by atoms with van der Waals surface area (Å²) in [6, 6.07) is 8.83. The summed E-state index contributed by atoms with van der Waals surface area (Å²) in [6.07, 6.45) is 0.840. The van der Waals surface area contributed by atoms with Crippen LogP contribution in [-0.4, -0.2) is 21.0 Å². The number of hydrogen-bond acceptors (Lipinski definition) is 4. The molecule has 2 aromatic rings. The number of aromatic nitrogens is 2. The average Bonchev–Trinajstić information content (AvgIpc) is 2.44. The second-order valence-electron chi connectivity index (χ2n) is 4.05. The fourth-order valence-electron chi connectivity index (χ4n) is 1.72. The minimum absolute atomic E-state index is 0.0673. The molecule has 0 aliphatic carbocycles. The maximum Gasteiger partial charge on any atom is 0.354 e. The summed E-state index contributed by atoms with van der Waals surface area (Å²) in [5.41, 5.74) is 0.917. The summed E-state index contributed by atoms with van der Waals surface area (Å²) in [4.78, 5) is 18.7. The number of benzene rings is 1. The first-order valence-electron chi connectivity index (χ1n) is 6.07. The zero-order valence-corrected chi connectivity index (χ0v) is 11.6. The molecular formula is C14H13ClN2O3. The number of aromatic carboxylic acids is 1. The van der Waals surface area contributed by atoms with Crippen molar-refractivity contribution in [2.75, 3.05) is 0 Å². The molecular weight excluding hydrogens is 280 g/mol. The van der Waals surface area contributed by atoms with Crippen molar-refractivity contribution in [2.45, 2.75) is 20.0 Å². The van der Waals surface area contributed by atoms with Gasteiger partial charge in [0.05, 0.1) is 0 Å². The van der Waals surface area contributed by atoms with E-state index in [1.807, 2.05) is 31.2 Å². The Morgan fingerprint density at radius 3 is 2.80 bits per heavy atom. The number of carboxylic acids is 1. The number of halogens is 1. The molecule has 0 atom stereocenters. The van der Waals surface area contributed by atoms with Crippen molar-refractivity contribution in [3.8, 4) is 5.75 Å². The molecule has 0 saturated heterocycles. The van der Waals surface area contributed by atoms with Crippen molar-refractivity contribution >= 4 is 17.6 Å². The number of hydrogen-bond donors (Lipinski definition) is 1. The van der Waals surface area contributed by atoms with E-state index in [-0.39, 0.29) is 23.3 Å². The molecule has 5 nitrogen and oxygen atoms in total. The first kappa shape index (κ1) is 14.3. The van der Waals surface area contributed by atoms with Gasteiger partial charge < -0.3 is 9.84 Å². The van der Waals surface area contributed by atoms with Crippen LogP contribution in [0.4, 0.5) is 0 Å². The molecule has 1 aromatic carbocycles. The van der Waals surface area contributed by atoms with Crippen LogP contribution in [0.1, 0.15) is 28.8 Å². The van der Waals surface area contributed by atoms with Crippen LogP contribution in [0.3, 0.4) is 0 Å². The van der Waals surface area contributed by atoms with E-state index in [4.69, 9.17) is 21.4 Å². The second kappa shape index (κ2) is 6.34. The van der Waals surface area contributed by atoms with Crippen molar-refractivity contribution < 1.29 is 14.6 Å². The van der Waals surface area contributed by atoms with Gasteiger partial charge in [0.2, 0.25) is 0 Å². The van der Waals surface area contributed by atoms with Gasteiger partial charge >= 0.3 is 5.97 Å². The Kier molecular flexibility index (Phi) is 4.53. The van der Waals surface area contributed by atoms with Crippen molar-refractivity contribution in [3.05, 3.63) is 52.6 Å². The van der Waals surface area contributed by atoms with Crippen molar-refractivity contribution in [2.24, 2.45) is 0 Å². The first-order chi connectivity index (χ1) is 9.60. The molecule has 0 amide bonds. The number of rotatable bonds is 5. The standard InChI is InChI=1S/C14H13ClN2O3/c1-2-9-5-3-4-6-11(9)20-8-13-16-10(14(18)19)7-12(15)17-13/h3-7H,2,8H2,1H3,(H,18,19). The number of para-hydroxylation sites is 1. The van der Waals surface area contributed by atoms with Gasteiger partial charge in [-0.25, -0.2) is 14.8 Å². The monoisotopic (exact) mass is 292 g/mol. The van der Waals surface area contributed by atoms with Gasteiger partial charge in [0, 0.05) is 6.07 Å². The average molecular weight is 293 g/mol. The van der Waals surface area contributed by atoms with Crippen molar-refractivity contribution in [1.29, 1.82) is 0 Å². The zero-order chi connectivity index (χ0) is 14.5. The van der Waals surface area contributed by atoms with Gasteiger partial charge in [-0.15, -0.1) is 0 Å². The van der Waals surface area contributed by atoms with E-state index >= 15 is 0 Å². The molecule has 2 rings (SSSR count). The molecule has 0 spiro atoms. The number of carbonyl (C=O) groups is 1. The highest BCUT2D eigenvalue weighted by atomic mass is 35.5. The molecule has 0 aliphatic heterocycles. The summed E-state index contributed by atoms with van der Waals surface area (Å²) < 4.78 is 5.63. The molecule has 0 fully saturated rings. The second-order valence-corrected chi connectivity index (χ2v) is 4.43. The first-order valence-corrected chi connectivity index (χ1v) is 6.45. The molecule has 0 bridgehead atoms. The Labute approximate surface area is 121 Å². The molecule has 0 saturated carbocycles. The maximum atomic E-state index is 10.9. The molecule has 20 heavy (non-hydrogen) atoms. The number of nitrogens with zero attached hydrogens (tertiary/aromatic N) is 2. The highest BCUT2D eigenvalue weighted by Crippen LogP contribution is 2.19. The lowest BCUT2D eigenvalue weighted by Gasteiger charge is -2.09. The van der Waals surface area contributed by atoms with Crippen LogP contribution < -0.4 is 4.74 Å². The van der Waals surface area contributed by atoms with Crippen LogP contribution in [0.15, 0.2) is 30.3 Å². The maximum absolute atomic E-state index is 10.9. The van der Waals surface area contributed by atoms with Gasteiger partial charge in [-0.05, 0) is 18.1 Å². The fraction of sp³-hybridized carbons (Fsp3) is 0.214. The topological polar surface area (TPSA) is 72.3 Å². The van der Waals surface area contributed by atoms with Gasteiger partial charge in [-0.3, -0.25) is 0 Å². The SMILES string of the molecule is CCc1ccccc1OCc1nc(Cl)cc(C(=O)O)n1. The number of carboxylic acid groups (broad SMARTS) is 1.